The highest BCUT2D eigenvalue weighted by Gasteiger charge is 2.54. The smallest absolute Gasteiger partial charge is 0.192 e. The van der Waals surface area contributed by atoms with Gasteiger partial charge in [0.05, 0.1) is 16.4 Å². The van der Waals surface area contributed by atoms with Crippen molar-refractivity contribution in [1.82, 2.24) is 18.9 Å². The van der Waals surface area contributed by atoms with E-state index in [1.807, 2.05) is 36.3 Å². The molecule has 1 aliphatic rings. The Balaban J connectivity index is 1.50. The van der Waals surface area contributed by atoms with E-state index >= 15 is 0 Å². The summed E-state index contributed by atoms with van der Waals surface area (Å²) in [5.74, 6) is 2.05. The van der Waals surface area contributed by atoms with E-state index in [1.165, 1.54) is 22.3 Å². The number of aromatic nitrogens is 4. The second-order valence-corrected chi connectivity index (χ2v) is 26.4. The standard InChI is InChI=1S/C33H49N5O3S2Si2/c1-32(2,3)44(7,8)40-26-25(20-42-19-23-18-37-43-28(23)22-14-12-11-13-15-22)39-31(27(26)41-45(9,10)33(4,5)6)38-17-16-24-29(34)35-21-36-30(24)38/h11-18,21,25-27,31H,19-20H2,1-10H3,(H2,34,35,36)/t25-,26-,27-,31-/m1/s1. The maximum Gasteiger partial charge on any atom is 0.192 e. The summed E-state index contributed by atoms with van der Waals surface area (Å²) in [4.78, 5) is 10.1. The number of ether oxygens (including phenoxy) is 1. The molecule has 12 heteroatoms. The molecule has 0 unspecified atom stereocenters. The minimum Gasteiger partial charge on any atom is -0.408 e. The molecule has 0 amide bonds. The Kier molecular flexibility index (Phi) is 9.79. The number of hydrogen-bond donors (Lipinski definition) is 1. The van der Waals surface area contributed by atoms with Gasteiger partial charge in [-0.2, -0.15) is 11.8 Å². The van der Waals surface area contributed by atoms with E-state index < -0.39 is 22.9 Å². The van der Waals surface area contributed by atoms with E-state index in [4.69, 9.17) is 19.3 Å². The van der Waals surface area contributed by atoms with Gasteiger partial charge in [0.2, 0.25) is 0 Å². The van der Waals surface area contributed by atoms with Gasteiger partial charge in [-0.15, -0.1) is 0 Å². The first-order chi connectivity index (χ1) is 21.0. The van der Waals surface area contributed by atoms with Crippen LogP contribution in [0, 0.1) is 0 Å². The maximum atomic E-state index is 7.31. The molecule has 0 aliphatic carbocycles. The fraction of sp³-hybridized carbons (Fsp3) is 0.545. The first-order valence-corrected chi connectivity index (χ1v) is 23.4. The predicted molar refractivity (Wildman–Crippen MR) is 194 cm³/mol. The maximum absolute atomic E-state index is 7.31. The molecule has 244 valence electrons. The Bertz CT molecular complexity index is 1600. The van der Waals surface area contributed by atoms with Crippen molar-refractivity contribution in [3.8, 4) is 10.4 Å². The average molecular weight is 684 g/mol. The molecule has 45 heavy (non-hydrogen) atoms. The largest absolute Gasteiger partial charge is 0.408 e. The lowest BCUT2D eigenvalue weighted by Crippen LogP contribution is -2.53. The highest BCUT2D eigenvalue weighted by Crippen LogP contribution is 2.47. The molecule has 4 atom stereocenters. The van der Waals surface area contributed by atoms with E-state index in [0.717, 1.165) is 22.5 Å². The van der Waals surface area contributed by atoms with Crippen LogP contribution >= 0.6 is 23.3 Å². The van der Waals surface area contributed by atoms with Crippen molar-refractivity contribution in [3.63, 3.8) is 0 Å². The van der Waals surface area contributed by atoms with Crippen molar-refractivity contribution >= 4 is 56.8 Å². The normalized spacial score (nSPS) is 21.6. The molecule has 8 nitrogen and oxygen atoms in total. The van der Waals surface area contributed by atoms with Gasteiger partial charge in [-0.25, -0.2) is 14.3 Å². The van der Waals surface area contributed by atoms with Crippen LogP contribution < -0.4 is 5.73 Å². The number of hydrogen-bond acceptors (Lipinski definition) is 9. The summed E-state index contributed by atoms with van der Waals surface area (Å²) in [6.07, 6.45) is 4.35. The molecule has 1 saturated heterocycles. The van der Waals surface area contributed by atoms with Gasteiger partial charge in [0, 0.05) is 29.5 Å². The number of benzene rings is 1. The van der Waals surface area contributed by atoms with Crippen LogP contribution in [0.5, 0.6) is 0 Å². The number of anilines is 1. The zero-order chi connectivity index (χ0) is 32.8. The molecular weight excluding hydrogens is 635 g/mol. The van der Waals surface area contributed by atoms with Gasteiger partial charge in [-0.1, -0.05) is 71.9 Å². The van der Waals surface area contributed by atoms with Crippen LogP contribution in [0.1, 0.15) is 53.3 Å². The zero-order valence-corrected chi connectivity index (χ0v) is 32.0. The Morgan fingerprint density at radius 2 is 1.58 bits per heavy atom. The molecule has 2 N–H and O–H groups in total. The molecule has 4 aromatic rings. The van der Waals surface area contributed by atoms with E-state index in [2.05, 4.69) is 111 Å². The third kappa shape index (κ3) is 7.12. The Morgan fingerprint density at radius 3 is 2.22 bits per heavy atom. The molecule has 0 radical (unpaired) electrons. The number of fused-ring (bicyclic) bond motifs is 1. The highest BCUT2D eigenvalue weighted by atomic mass is 32.2. The molecule has 4 heterocycles. The molecule has 1 fully saturated rings. The molecule has 1 aromatic carbocycles. The molecular formula is C33H49N5O3S2Si2. The summed E-state index contributed by atoms with van der Waals surface area (Å²) in [7, 11) is -4.46. The summed E-state index contributed by atoms with van der Waals surface area (Å²) in [6.45, 7) is 22.9. The van der Waals surface area contributed by atoms with Crippen LogP contribution in [-0.2, 0) is 19.3 Å². The van der Waals surface area contributed by atoms with E-state index in [9.17, 15) is 0 Å². The van der Waals surface area contributed by atoms with E-state index in [0.29, 0.717) is 5.82 Å². The number of thioether (sulfide) groups is 1. The number of rotatable bonds is 10. The summed E-state index contributed by atoms with van der Waals surface area (Å²) < 4.78 is 28.3. The highest BCUT2D eigenvalue weighted by molar-refractivity contribution is 7.98. The number of nitrogen functional groups attached to an aromatic ring is 1. The first-order valence-electron chi connectivity index (χ1n) is 15.6. The lowest BCUT2D eigenvalue weighted by Gasteiger charge is -2.44. The Hall–Kier alpha value is -2.07. The second-order valence-electron chi connectivity index (χ2n) is 15.0. The quantitative estimate of drug-likeness (QED) is 0.166. The van der Waals surface area contributed by atoms with Crippen LogP contribution in [0.25, 0.3) is 21.5 Å². The SMILES string of the molecule is CC(C)(C)[Si](C)(C)O[C@@H]1[C@H](O[Si](C)(C)C(C)(C)C)[C@@H](CSCc2cnsc2-c2ccccc2)O[C@H]1n1ccc2c(N)ncnc21. The van der Waals surface area contributed by atoms with Gasteiger partial charge < -0.3 is 23.9 Å². The van der Waals surface area contributed by atoms with Gasteiger partial charge >= 0.3 is 0 Å². The minimum absolute atomic E-state index is 0.0110. The minimum atomic E-state index is -2.24. The van der Waals surface area contributed by atoms with Gasteiger partial charge in [0.25, 0.3) is 0 Å². The van der Waals surface area contributed by atoms with Crippen molar-refractivity contribution in [2.24, 2.45) is 0 Å². The Labute approximate surface area is 278 Å². The third-order valence-corrected chi connectivity index (χ3v) is 20.7. The monoisotopic (exact) mass is 683 g/mol. The summed E-state index contributed by atoms with van der Waals surface area (Å²) >= 11 is 3.41. The van der Waals surface area contributed by atoms with Crippen LogP contribution in [0.15, 0.2) is 55.1 Å². The molecule has 5 rings (SSSR count). The van der Waals surface area contributed by atoms with Gasteiger partial charge in [-0.3, -0.25) is 0 Å². The summed E-state index contributed by atoms with van der Waals surface area (Å²) in [5, 5.41) is 0.848. The number of nitrogens with two attached hydrogens (primary N) is 1. The Morgan fingerprint density at radius 1 is 0.933 bits per heavy atom. The molecule has 1 aliphatic heterocycles. The average Bonchev–Trinajstić information content (AvgIpc) is 3.67. The first kappa shape index (κ1) is 34.3. The van der Waals surface area contributed by atoms with Gasteiger partial charge in [0.15, 0.2) is 22.9 Å². The molecule has 0 saturated carbocycles. The lowest BCUT2D eigenvalue weighted by atomic mass is 10.1. The molecule has 0 bridgehead atoms. The second kappa shape index (κ2) is 12.9. The van der Waals surface area contributed by atoms with Crippen molar-refractivity contribution in [3.05, 3.63) is 60.7 Å². The fourth-order valence-electron chi connectivity index (χ4n) is 5.04. The fourth-order valence-corrected chi connectivity index (χ4v) is 9.56. The van der Waals surface area contributed by atoms with Crippen LogP contribution in [0.4, 0.5) is 5.82 Å². The summed E-state index contributed by atoms with van der Waals surface area (Å²) in [6, 6.07) is 12.5. The van der Waals surface area contributed by atoms with Crippen LogP contribution in [-0.4, -0.2) is 59.6 Å². The van der Waals surface area contributed by atoms with Crippen molar-refractivity contribution in [2.45, 2.75) is 108 Å². The number of nitrogens with zero attached hydrogens (tertiary/aromatic N) is 4. The predicted octanol–water partition coefficient (Wildman–Crippen LogP) is 8.75. The topological polar surface area (TPSA) is 97.3 Å². The molecule has 0 spiro atoms. The zero-order valence-electron chi connectivity index (χ0n) is 28.3. The van der Waals surface area contributed by atoms with Crippen LogP contribution in [0.3, 0.4) is 0 Å². The lowest BCUT2D eigenvalue weighted by molar-refractivity contribution is -0.0244. The van der Waals surface area contributed by atoms with Gasteiger partial charge in [0.1, 0.15) is 30.0 Å². The van der Waals surface area contributed by atoms with Gasteiger partial charge in [-0.05, 0) is 59.4 Å². The van der Waals surface area contributed by atoms with Crippen molar-refractivity contribution in [2.75, 3.05) is 11.5 Å². The summed E-state index contributed by atoms with van der Waals surface area (Å²) in [5.41, 5.74) is 9.45. The van der Waals surface area contributed by atoms with E-state index in [-0.39, 0.29) is 28.4 Å². The van der Waals surface area contributed by atoms with Crippen LogP contribution in [0.2, 0.25) is 36.3 Å². The third-order valence-electron chi connectivity index (χ3n) is 9.79. The van der Waals surface area contributed by atoms with E-state index in [1.54, 1.807) is 11.5 Å². The van der Waals surface area contributed by atoms with Crippen molar-refractivity contribution < 1.29 is 13.6 Å². The molecule has 3 aromatic heterocycles. The van der Waals surface area contributed by atoms with Crippen molar-refractivity contribution in [1.29, 1.82) is 0 Å².